The summed E-state index contributed by atoms with van der Waals surface area (Å²) >= 11 is 5.24. The molecule has 1 aliphatic rings. The molecule has 4 rings (SSSR count). The maximum atomic E-state index is 13.9. The number of amides is 1. The number of benzene rings is 2. The van der Waals surface area contributed by atoms with E-state index in [9.17, 15) is 9.18 Å². The van der Waals surface area contributed by atoms with Gasteiger partial charge in [0.2, 0.25) is 0 Å². The van der Waals surface area contributed by atoms with E-state index < -0.39 is 11.7 Å². The summed E-state index contributed by atoms with van der Waals surface area (Å²) in [7, 11) is 0. The Kier molecular flexibility index (Phi) is 6.09. The van der Waals surface area contributed by atoms with Crippen LogP contribution >= 0.6 is 12.2 Å². The molecule has 154 valence electrons. The lowest BCUT2D eigenvalue weighted by molar-refractivity contribution is 0.0951. The van der Waals surface area contributed by atoms with Crippen molar-refractivity contribution in [3.8, 4) is 11.3 Å². The molecule has 0 radical (unpaired) electrons. The van der Waals surface area contributed by atoms with E-state index in [1.807, 2.05) is 24.3 Å². The topological polar surface area (TPSA) is 57.5 Å². The van der Waals surface area contributed by atoms with Crippen molar-refractivity contribution in [2.45, 2.75) is 19.3 Å². The molecule has 1 fully saturated rings. The van der Waals surface area contributed by atoms with Crippen molar-refractivity contribution in [1.29, 1.82) is 0 Å². The van der Waals surface area contributed by atoms with Gasteiger partial charge in [0, 0.05) is 24.5 Å². The third kappa shape index (κ3) is 4.68. The van der Waals surface area contributed by atoms with Crippen molar-refractivity contribution in [2.75, 3.05) is 23.3 Å². The van der Waals surface area contributed by atoms with Gasteiger partial charge in [0.05, 0.1) is 5.56 Å². The Bertz CT molecular complexity index is 1040. The molecule has 2 aromatic carbocycles. The Balaban J connectivity index is 1.35. The molecule has 2 heterocycles. The van der Waals surface area contributed by atoms with Crippen LogP contribution in [0.5, 0.6) is 0 Å². The van der Waals surface area contributed by atoms with E-state index in [4.69, 9.17) is 16.6 Å². The van der Waals surface area contributed by atoms with Crippen LogP contribution in [0.2, 0.25) is 0 Å². The molecule has 1 aliphatic heterocycles. The quantitative estimate of drug-likeness (QED) is 0.565. The van der Waals surface area contributed by atoms with Crippen LogP contribution in [-0.4, -0.2) is 24.1 Å². The predicted octanol–water partition coefficient (Wildman–Crippen LogP) is 5.20. The van der Waals surface area contributed by atoms with Gasteiger partial charge in [0.1, 0.15) is 11.6 Å². The minimum atomic E-state index is -0.500. The summed E-state index contributed by atoms with van der Waals surface area (Å²) in [4.78, 5) is 14.8. The minimum absolute atomic E-state index is 0.0536. The van der Waals surface area contributed by atoms with Gasteiger partial charge < -0.3 is 14.6 Å². The van der Waals surface area contributed by atoms with Crippen LogP contribution in [-0.2, 0) is 0 Å². The molecule has 0 unspecified atom stereocenters. The molecule has 0 aliphatic carbocycles. The Hall–Kier alpha value is -3.19. The summed E-state index contributed by atoms with van der Waals surface area (Å²) in [6.45, 7) is 2.17. The van der Waals surface area contributed by atoms with Gasteiger partial charge in [-0.05, 0) is 80.0 Å². The molecule has 0 saturated carbocycles. The minimum Gasteiger partial charge on any atom is -0.451 e. The highest BCUT2D eigenvalue weighted by atomic mass is 32.1. The zero-order valence-electron chi connectivity index (χ0n) is 16.4. The number of nitrogens with one attached hydrogen (secondary N) is 2. The molecule has 7 heteroatoms. The zero-order valence-corrected chi connectivity index (χ0v) is 17.2. The van der Waals surface area contributed by atoms with E-state index in [-0.39, 0.29) is 16.6 Å². The van der Waals surface area contributed by atoms with E-state index in [1.54, 1.807) is 24.3 Å². The first kappa shape index (κ1) is 20.1. The second kappa shape index (κ2) is 9.09. The number of halogens is 1. The first-order chi connectivity index (χ1) is 14.6. The van der Waals surface area contributed by atoms with Crippen LogP contribution in [0.25, 0.3) is 11.3 Å². The van der Waals surface area contributed by atoms with Gasteiger partial charge in [-0.15, -0.1) is 0 Å². The van der Waals surface area contributed by atoms with Gasteiger partial charge in [0.25, 0.3) is 5.91 Å². The molecule has 30 heavy (non-hydrogen) atoms. The van der Waals surface area contributed by atoms with E-state index in [0.29, 0.717) is 5.56 Å². The first-order valence-corrected chi connectivity index (χ1v) is 10.3. The molecule has 3 aromatic rings. The highest BCUT2D eigenvalue weighted by Gasteiger charge is 2.16. The predicted molar refractivity (Wildman–Crippen MR) is 120 cm³/mol. The molecule has 1 saturated heterocycles. The summed E-state index contributed by atoms with van der Waals surface area (Å²) in [5.74, 6) is -0.577. The van der Waals surface area contributed by atoms with Crippen LogP contribution < -0.4 is 15.5 Å². The SMILES string of the molecule is O=C(NC(=S)Nc1ccc(N2CCCCC2)cc1)c1ccc(-c2ccccc2F)o1. The van der Waals surface area contributed by atoms with Crippen LogP contribution in [0.1, 0.15) is 29.8 Å². The van der Waals surface area contributed by atoms with Crippen molar-refractivity contribution >= 4 is 34.6 Å². The average Bonchev–Trinajstić information content (AvgIpc) is 3.25. The Morgan fingerprint density at radius 1 is 0.967 bits per heavy atom. The largest absolute Gasteiger partial charge is 0.451 e. The molecule has 5 nitrogen and oxygen atoms in total. The van der Waals surface area contributed by atoms with Crippen molar-refractivity contribution in [2.24, 2.45) is 0 Å². The fraction of sp³-hybridized carbons (Fsp3) is 0.217. The fourth-order valence-electron chi connectivity index (χ4n) is 3.50. The molecule has 0 atom stereocenters. The number of furan rings is 1. The Labute approximate surface area is 179 Å². The number of hydrogen-bond acceptors (Lipinski definition) is 4. The lowest BCUT2D eigenvalue weighted by atomic mass is 10.1. The summed E-state index contributed by atoms with van der Waals surface area (Å²) in [6.07, 6.45) is 3.74. The third-order valence-corrected chi connectivity index (χ3v) is 5.25. The Morgan fingerprint density at radius 2 is 1.70 bits per heavy atom. The number of carbonyl (C=O) groups is 1. The van der Waals surface area contributed by atoms with Gasteiger partial charge in [-0.25, -0.2) is 4.39 Å². The molecule has 0 bridgehead atoms. The van der Waals surface area contributed by atoms with Crippen LogP contribution in [0.3, 0.4) is 0 Å². The van der Waals surface area contributed by atoms with Gasteiger partial charge in [-0.1, -0.05) is 12.1 Å². The van der Waals surface area contributed by atoms with Crippen LogP contribution in [0.15, 0.2) is 65.1 Å². The maximum absolute atomic E-state index is 13.9. The lowest BCUT2D eigenvalue weighted by Crippen LogP contribution is -2.34. The summed E-state index contributed by atoms with van der Waals surface area (Å²) in [5, 5.41) is 5.75. The molecule has 1 amide bonds. The molecule has 2 N–H and O–H groups in total. The lowest BCUT2D eigenvalue weighted by Gasteiger charge is -2.28. The second-order valence-corrected chi connectivity index (χ2v) is 7.55. The molecule has 1 aromatic heterocycles. The normalized spacial score (nSPS) is 13.7. The van der Waals surface area contributed by atoms with Crippen molar-refractivity contribution in [1.82, 2.24) is 5.32 Å². The van der Waals surface area contributed by atoms with Gasteiger partial charge >= 0.3 is 0 Å². The maximum Gasteiger partial charge on any atom is 0.293 e. The highest BCUT2D eigenvalue weighted by Crippen LogP contribution is 2.25. The number of nitrogens with zero attached hydrogens (tertiary/aromatic N) is 1. The van der Waals surface area contributed by atoms with Gasteiger partial charge in [0.15, 0.2) is 10.9 Å². The average molecular weight is 424 g/mol. The van der Waals surface area contributed by atoms with Crippen molar-refractivity contribution < 1.29 is 13.6 Å². The van der Waals surface area contributed by atoms with Crippen LogP contribution in [0, 0.1) is 5.82 Å². The monoisotopic (exact) mass is 423 g/mol. The zero-order chi connectivity index (χ0) is 20.9. The standard InChI is InChI=1S/C23H22FN3O2S/c24-19-7-3-2-6-18(19)20-12-13-21(29-20)22(28)26-23(30)25-16-8-10-17(11-9-16)27-14-4-1-5-15-27/h2-3,6-13H,1,4-5,14-15H2,(H2,25,26,28,30). The van der Waals surface area contributed by atoms with Gasteiger partial charge in [-0.2, -0.15) is 0 Å². The summed E-state index contributed by atoms with van der Waals surface area (Å²) in [6, 6.07) is 17.3. The van der Waals surface area contributed by atoms with Gasteiger partial charge in [-0.3, -0.25) is 10.1 Å². The van der Waals surface area contributed by atoms with Crippen molar-refractivity contribution in [3.05, 3.63) is 72.2 Å². The van der Waals surface area contributed by atoms with E-state index >= 15 is 0 Å². The summed E-state index contributed by atoms with van der Waals surface area (Å²) < 4.78 is 19.4. The summed E-state index contributed by atoms with van der Waals surface area (Å²) in [5.41, 5.74) is 2.27. The van der Waals surface area contributed by atoms with E-state index in [1.165, 1.54) is 37.1 Å². The van der Waals surface area contributed by atoms with E-state index in [2.05, 4.69) is 15.5 Å². The number of hydrogen-bond donors (Lipinski definition) is 2. The number of anilines is 2. The Morgan fingerprint density at radius 3 is 2.43 bits per heavy atom. The molecular formula is C23H22FN3O2S. The fourth-order valence-corrected chi connectivity index (χ4v) is 3.71. The number of rotatable bonds is 4. The van der Waals surface area contributed by atoms with Crippen molar-refractivity contribution in [3.63, 3.8) is 0 Å². The molecular weight excluding hydrogens is 401 g/mol. The highest BCUT2D eigenvalue weighted by molar-refractivity contribution is 7.80. The van der Waals surface area contributed by atoms with Crippen LogP contribution in [0.4, 0.5) is 15.8 Å². The smallest absolute Gasteiger partial charge is 0.293 e. The second-order valence-electron chi connectivity index (χ2n) is 7.15. The molecule has 0 spiro atoms. The number of thiocarbonyl (C=S) groups is 1. The third-order valence-electron chi connectivity index (χ3n) is 5.04. The first-order valence-electron chi connectivity index (χ1n) is 9.92. The van der Waals surface area contributed by atoms with E-state index in [0.717, 1.165) is 18.8 Å². The number of piperidine rings is 1. The number of carbonyl (C=O) groups excluding carboxylic acids is 1.